The molecule has 2 aliphatic carbocycles. The van der Waals surface area contributed by atoms with Gasteiger partial charge in [-0.1, -0.05) is 12.2 Å². The van der Waals surface area contributed by atoms with Crippen molar-refractivity contribution in [2.24, 2.45) is 23.7 Å². The van der Waals surface area contributed by atoms with Gasteiger partial charge in [0.15, 0.2) is 0 Å². The van der Waals surface area contributed by atoms with E-state index < -0.39 is 0 Å². The van der Waals surface area contributed by atoms with E-state index in [1.54, 1.807) is 0 Å². The minimum Gasteiger partial charge on any atom is -0.126 e. The fraction of sp³-hybridized carbons (Fsp3) is 0.778. The molecule has 0 spiro atoms. The second kappa shape index (κ2) is 2.99. The van der Waals surface area contributed by atoms with Crippen LogP contribution in [0.3, 0.4) is 0 Å². The molecule has 0 radical (unpaired) electrons. The van der Waals surface area contributed by atoms with Crippen LogP contribution in [-0.2, 0) is 0 Å². The molecule has 4 atom stereocenters. The summed E-state index contributed by atoms with van der Waals surface area (Å²) < 4.78 is 0. The third kappa shape index (κ3) is 1.11. The second-order valence-electron chi connectivity index (χ2n) is 3.58. The van der Waals surface area contributed by atoms with Crippen LogP contribution in [0.4, 0.5) is 0 Å². The maximum atomic E-state index is 5.88. The number of alkyl halides is 2. The SMILES string of the molecule is ClC[C@H]1[C@H](CCl)[C@H]2C=C[C@@H]1C2. The summed E-state index contributed by atoms with van der Waals surface area (Å²) in [6.45, 7) is 0. The molecule has 1 saturated carbocycles. The Balaban J connectivity index is 2.15. The Hall–Kier alpha value is 0.320. The van der Waals surface area contributed by atoms with Gasteiger partial charge in [-0.25, -0.2) is 0 Å². The topological polar surface area (TPSA) is 0 Å². The van der Waals surface area contributed by atoms with Crippen LogP contribution >= 0.6 is 23.2 Å². The van der Waals surface area contributed by atoms with Gasteiger partial charge >= 0.3 is 0 Å². The zero-order chi connectivity index (χ0) is 7.84. The van der Waals surface area contributed by atoms with Gasteiger partial charge in [-0.3, -0.25) is 0 Å². The normalized spacial score (nSPS) is 47.1. The summed E-state index contributed by atoms with van der Waals surface area (Å²) in [5.41, 5.74) is 0. The molecule has 0 saturated heterocycles. The van der Waals surface area contributed by atoms with E-state index in [-0.39, 0.29) is 0 Å². The van der Waals surface area contributed by atoms with E-state index in [4.69, 9.17) is 23.2 Å². The number of fused-ring (bicyclic) bond motifs is 2. The van der Waals surface area contributed by atoms with Crippen molar-refractivity contribution < 1.29 is 0 Å². The van der Waals surface area contributed by atoms with Gasteiger partial charge in [0.25, 0.3) is 0 Å². The maximum Gasteiger partial charge on any atom is 0.0260 e. The van der Waals surface area contributed by atoms with Crippen molar-refractivity contribution in [3.8, 4) is 0 Å². The molecule has 2 heteroatoms. The van der Waals surface area contributed by atoms with E-state index in [2.05, 4.69) is 12.2 Å². The Labute approximate surface area is 77.6 Å². The highest BCUT2D eigenvalue weighted by Crippen LogP contribution is 2.48. The minimum atomic E-state index is 0.657. The number of hydrogen-bond acceptors (Lipinski definition) is 0. The van der Waals surface area contributed by atoms with Crippen LogP contribution in [-0.4, -0.2) is 11.8 Å². The van der Waals surface area contributed by atoms with Gasteiger partial charge in [-0.2, -0.15) is 0 Å². The van der Waals surface area contributed by atoms with Gasteiger partial charge in [0, 0.05) is 11.8 Å². The van der Waals surface area contributed by atoms with Crippen LogP contribution < -0.4 is 0 Å². The molecule has 0 N–H and O–H groups in total. The highest BCUT2D eigenvalue weighted by Gasteiger charge is 2.42. The molecule has 0 amide bonds. The van der Waals surface area contributed by atoms with Crippen LogP contribution in [0.15, 0.2) is 12.2 Å². The van der Waals surface area contributed by atoms with Crippen molar-refractivity contribution in [3.63, 3.8) is 0 Å². The molecule has 0 heterocycles. The fourth-order valence-corrected chi connectivity index (χ4v) is 3.40. The van der Waals surface area contributed by atoms with Crippen molar-refractivity contribution in [2.45, 2.75) is 6.42 Å². The van der Waals surface area contributed by atoms with Crippen molar-refractivity contribution in [1.29, 1.82) is 0 Å². The third-order valence-corrected chi connectivity index (χ3v) is 3.87. The standard InChI is InChI=1S/C9H12Cl2/c10-4-8-6-1-2-7(3-6)9(8)5-11/h1-2,6-9H,3-5H2/t6-,7+,8-,9-/m1/s1. The molecule has 0 aliphatic heterocycles. The highest BCUT2D eigenvalue weighted by molar-refractivity contribution is 6.19. The molecule has 62 valence electrons. The quantitative estimate of drug-likeness (QED) is 0.465. The molecule has 0 aromatic rings. The number of halogens is 2. The van der Waals surface area contributed by atoms with Crippen molar-refractivity contribution in [1.82, 2.24) is 0 Å². The second-order valence-corrected chi connectivity index (χ2v) is 4.20. The molecule has 0 aromatic heterocycles. The first kappa shape index (κ1) is 7.94. The number of rotatable bonds is 2. The molecule has 2 rings (SSSR count). The Morgan fingerprint density at radius 2 is 1.45 bits per heavy atom. The van der Waals surface area contributed by atoms with E-state index in [9.17, 15) is 0 Å². The van der Waals surface area contributed by atoms with Crippen LogP contribution in [0.2, 0.25) is 0 Å². The first-order chi connectivity index (χ1) is 5.36. The van der Waals surface area contributed by atoms with Gasteiger partial charge in [-0.15, -0.1) is 23.2 Å². The Morgan fingerprint density at radius 3 is 1.82 bits per heavy atom. The lowest BCUT2D eigenvalue weighted by Crippen LogP contribution is -2.22. The monoisotopic (exact) mass is 190 g/mol. The average molecular weight is 191 g/mol. The van der Waals surface area contributed by atoms with Crippen molar-refractivity contribution >= 4 is 23.2 Å². The minimum absolute atomic E-state index is 0.657. The van der Waals surface area contributed by atoms with Gasteiger partial charge in [0.2, 0.25) is 0 Å². The van der Waals surface area contributed by atoms with Gasteiger partial charge in [-0.05, 0) is 30.1 Å². The van der Waals surface area contributed by atoms with E-state index in [1.807, 2.05) is 0 Å². The summed E-state index contributed by atoms with van der Waals surface area (Å²) in [6, 6.07) is 0. The summed E-state index contributed by atoms with van der Waals surface area (Å²) >= 11 is 11.8. The fourth-order valence-electron chi connectivity index (χ4n) is 2.48. The lowest BCUT2D eigenvalue weighted by Gasteiger charge is -2.23. The first-order valence-corrected chi connectivity index (χ1v) is 5.24. The van der Waals surface area contributed by atoms with Gasteiger partial charge in [0.1, 0.15) is 0 Å². The molecule has 2 bridgehead atoms. The third-order valence-electron chi connectivity index (χ3n) is 3.16. The summed E-state index contributed by atoms with van der Waals surface area (Å²) in [7, 11) is 0. The highest BCUT2D eigenvalue weighted by atomic mass is 35.5. The lowest BCUT2D eigenvalue weighted by molar-refractivity contribution is 0.373. The summed E-state index contributed by atoms with van der Waals surface area (Å²) in [5, 5.41) is 0. The maximum absolute atomic E-state index is 5.88. The van der Waals surface area contributed by atoms with E-state index in [1.165, 1.54) is 6.42 Å². The molecule has 0 unspecified atom stereocenters. The predicted molar refractivity (Wildman–Crippen MR) is 49.2 cm³/mol. The van der Waals surface area contributed by atoms with E-state index in [0.717, 1.165) is 23.6 Å². The summed E-state index contributed by atoms with van der Waals surface area (Å²) in [5.74, 6) is 4.35. The summed E-state index contributed by atoms with van der Waals surface area (Å²) in [6.07, 6.45) is 5.94. The number of hydrogen-bond donors (Lipinski definition) is 0. The van der Waals surface area contributed by atoms with E-state index in [0.29, 0.717) is 11.8 Å². The van der Waals surface area contributed by atoms with Crippen molar-refractivity contribution in [3.05, 3.63) is 12.2 Å². The molecular weight excluding hydrogens is 179 g/mol. The predicted octanol–water partition coefficient (Wildman–Crippen LogP) is 2.90. The largest absolute Gasteiger partial charge is 0.126 e. The van der Waals surface area contributed by atoms with Crippen LogP contribution in [0, 0.1) is 23.7 Å². The zero-order valence-electron chi connectivity index (χ0n) is 6.34. The zero-order valence-corrected chi connectivity index (χ0v) is 7.85. The molecule has 11 heavy (non-hydrogen) atoms. The Bertz CT molecular complexity index is 158. The van der Waals surface area contributed by atoms with Gasteiger partial charge in [0.05, 0.1) is 0 Å². The Morgan fingerprint density at radius 1 is 1.00 bits per heavy atom. The smallest absolute Gasteiger partial charge is 0.0260 e. The summed E-state index contributed by atoms with van der Waals surface area (Å²) in [4.78, 5) is 0. The van der Waals surface area contributed by atoms with Gasteiger partial charge < -0.3 is 0 Å². The van der Waals surface area contributed by atoms with E-state index >= 15 is 0 Å². The van der Waals surface area contributed by atoms with Crippen LogP contribution in [0.5, 0.6) is 0 Å². The Kier molecular flexibility index (Phi) is 2.16. The molecular formula is C9H12Cl2. The molecule has 1 fully saturated rings. The first-order valence-electron chi connectivity index (χ1n) is 4.17. The van der Waals surface area contributed by atoms with Crippen LogP contribution in [0.1, 0.15) is 6.42 Å². The molecule has 0 nitrogen and oxygen atoms in total. The van der Waals surface area contributed by atoms with Crippen molar-refractivity contribution in [2.75, 3.05) is 11.8 Å². The molecule has 2 aliphatic rings. The van der Waals surface area contributed by atoms with Crippen LogP contribution in [0.25, 0.3) is 0 Å². The number of allylic oxidation sites excluding steroid dienone is 2. The average Bonchev–Trinajstić information content (AvgIpc) is 2.60. The lowest BCUT2D eigenvalue weighted by atomic mass is 9.86. The molecule has 0 aromatic carbocycles.